The van der Waals surface area contributed by atoms with Gasteiger partial charge in [0.2, 0.25) is 0 Å². The number of ether oxygens (including phenoxy) is 3. The highest BCUT2D eigenvalue weighted by atomic mass is 16.6. The van der Waals surface area contributed by atoms with Crippen LogP contribution in [0.4, 0.5) is 4.79 Å². The van der Waals surface area contributed by atoms with Crippen LogP contribution in [0.25, 0.3) is 0 Å². The van der Waals surface area contributed by atoms with Crippen LogP contribution in [-0.2, 0) is 19.0 Å². The molecule has 0 radical (unpaired) electrons. The summed E-state index contributed by atoms with van der Waals surface area (Å²) in [5, 5.41) is 0. The summed E-state index contributed by atoms with van der Waals surface area (Å²) in [5.74, 6) is -0.510. The molecule has 0 bridgehead atoms. The molecule has 1 aliphatic heterocycles. The van der Waals surface area contributed by atoms with E-state index >= 15 is 0 Å². The third-order valence-corrected chi connectivity index (χ3v) is 2.83. The highest BCUT2D eigenvalue weighted by molar-refractivity contribution is 5.82. The second kappa shape index (κ2) is 6.74. The van der Waals surface area contributed by atoms with Gasteiger partial charge in [-0.15, -0.1) is 6.58 Å². The zero-order chi connectivity index (χ0) is 15.3. The molecule has 0 aromatic heterocycles. The maximum absolute atomic E-state index is 12.3. The van der Waals surface area contributed by atoms with Crippen molar-refractivity contribution < 1.29 is 23.8 Å². The summed E-state index contributed by atoms with van der Waals surface area (Å²) in [6.07, 6.45) is 1.67. The van der Waals surface area contributed by atoms with Crippen LogP contribution in [-0.4, -0.2) is 55.0 Å². The van der Waals surface area contributed by atoms with Crippen molar-refractivity contribution in [1.29, 1.82) is 0 Å². The van der Waals surface area contributed by atoms with Crippen LogP contribution in [0.2, 0.25) is 0 Å². The van der Waals surface area contributed by atoms with Crippen molar-refractivity contribution >= 4 is 12.1 Å². The van der Waals surface area contributed by atoms with Gasteiger partial charge in [0.25, 0.3) is 0 Å². The predicted molar refractivity (Wildman–Crippen MR) is 73.3 cm³/mol. The molecule has 1 saturated heterocycles. The van der Waals surface area contributed by atoms with Crippen LogP contribution in [0.1, 0.15) is 27.2 Å². The Balaban J connectivity index is 2.96. The van der Waals surface area contributed by atoms with E-state index in [1.54, 1.807) is 26.8 Å². The molecule has 0 saturated carbocycles. The van der Waals surface area contributed by atoms with Crippen molar-refractivity contribution in [3.8, 4) is 0 Å². The fourth-order valence-corrected chi connectivity index (χ4v) is 2.01. The number of hydrogen-bond acceptors (Lipinski definition) is 5. The molecule has 1 rings (SSSR count). The number of rotatable bonds is 3. The number of esters is 1. The first-order valence-corrected chi connectivity index (χ1v) is 6.58. The first kappa shape index (κ1) is 16.5. The summed E-state index contributed by atoms with van der Waals surface area (Å²) in [5.41, 5.74) is -0.630. The van der Waals surface area contributed by atoms with Crippen molar-refractivity contribution in [2.45, 2.75) is 44.9 Å². The highest BCUT2D eigenvalue weighted by Gasteiger charge is 2.41. The summed E-state index contributed by atoms with van der Waals surface area (Å²) in [7, 11) is 1.28. The lowest BCUT2D eigenvalue weighted by Crippen LogP contribution is -2.59. The number of carbonyl (C=O) groups excluding carboxylic acids is 2. The number of amides is 1. The Bertz CT molecular complexity index is 374. The van der Waals surface area contributed by atoms with Gasteiger partial charge in [0, 0.05) is 0 Å². The van der Waals surface area contributed by atoms with E-state index in [1.165, 1.54) is 12.0 Å². The molecule has 6 nitrogen and oxygen atoms in total. The fraction of sp³-hybridized carbons (Fsp3) is 0.714. The van der Waals surface area contributed by atoms with Crippen LogP contribution in [0.15, 0.2) is 12.7 Å². The van der Waals surface area contributed by atoms with Crippen LogP contribution in [0, 0.1) is 0 Å². The average molecular weight is 285 g/mol. The molecular weight excluding hydrogens is 262 g/mol. The zero-order valence-electron chi connectivity index (χ0n) is 12.5. The molecule has 0 spiro atoms. The normalized spacial score (nSPS) is 23.1. The first-order chi connectivity index (χ1) is 9.30. The van der Waals surface area contributed by atoms with Gasteiger partial charge in [-0.1, -0.05) is 6.08 Å². The van der Waals surface area contributed by atoms with Crippen LogP contribution >= 0.6 is 0 Å². The van der Waals surface area contributed by atoms with Crippen LogP contribution in [0.3, 0.4) is 0 Å². The Morgan fingerprint density at radius 1 is 1.40 bits per heavy atom. The van der Waals surface area contributed by atoms with E-state index in [0.29, 0.717) is 13.0 Å². The summed E-state index contributed by atoms with van der Waals surface area (Å²) in [4.78, 5) is 25.6. The van der Waals surface area contributed by atoms with Gasteiger partial charge in [0.15, 0.2) is 6.04 Å². The average Bonchev–Trinajstić information content (AvgIpc) is 2.35. The Morgan fingerprint density at radius 2 is 2.05 bits per heavy atom. The minimum atomic E-state index is -0.784. The number of methoxy groups -OCH3 is 1. The maximum atomic E-state index is 12.3. The second-order valence-corrected chi connectivity index (χ2v) is 5.64. The Labute approximate surface area is 119 Å². The lowest BCUT2D eigenvalue weighted by atomic mass is 10.1. The molecule has 0 N–H and O–H groups in total. The molecule has 1 heterocycles. The molecular formula is C14H23NO5. The van der Waals surface area contributed by atoms with E-state index in [-0.39, 0.29) is 12.6 Å². The molecule has 20 heavy (non-hydrogen) atoms. The predicted octanol–water partition coefficient (Wildman–Crippen LogP) is 1.74. The first-order valence-electron chi connectivity index (χ1n) is 6.58. The SMILES string of the molecule is C=CC[C@@H]1COC[C@H](C(=O)OC)N1C(=O)OC(C)(C)C. The lowest BCUT2D eigenvalue weighted by molar-refractivity contribution is -0.156. The Morgan fingerprint density at radius 3 is 2.55 bits per heavy atom. The largest absolute Gasteiger partial charge is 0.467 e. The molecule has 0 aromatic rings. The molecule has 6 heteroatoms. The van der Waals surface area contributed by atoms with E-state index in [4.69, 9.17) is 14.2 Å². The molecule has 2 atom stereocenters. The number of nitrogens with zero attached hydrogens (tertiary/aromatic N) is 1. The maximum Gasteiger partial charge on any atom is 0.411 e. The molecule has 1 amide bonds. The molecule has 1 aliphatic rings. The van der Waals surface area contributed by atoms with Gasteiger partial charge in [-0.2, -0.15) is 0 Å². The third-order valence-electron chi connectivity index (χ3n) is 2.83. The standard InChI is InChI=1S/C14H23NO5/c1-6-7-10-8-19-9-11(12(16)18-5)15(10)13(17)20-14(2,3)4/h6,10-11H,1,7-9H2,2-5H3/t10-,11-/m1/s1. The molecule has 0 aliphatic carbocycles. The van der Waals surface area contributed by atoms with Gasteiger partial charge in [-0.25, -0.2) is 9.59 Å². The number of carbonyl (C=O) groups is 2. The van der Waals surface area contributed by atoms with Gasteiger partial charge in [0.1, 0.15) is 5.60 Å². The van der Waals surface area contributed by atoms with E-state index in [1.807, 2.05) is 0 Å². The Kier molecular flexibility index (Phi) is 5.56. The van der Waals surface area contributed by atoms with Crippen molar-refractivity contribution in [1.82, 2.24) is 4.90 Å². The smallest absolute Gasteiger partial charge is 0.411 e. The van der Waals surface area contributed by atoms with Gasteiger partial charge in [-0.3, -0.25) is 4.90 Å². The minimum Gasteiger partial charge on any atom is -0.467 e. The van der Waals surface area contributed by atoms with Gasteiger partial charge >= 0.3 is 12.1 Å². The molecule has 1 fully saturated rings. The van der Waals surface area contributed by atoms with E-state index in [0.717, 1.165) is 0 Å². The fourth-order valence-electron chi connectivity index (χ4n) is 2.01. The summed E-state index contributed by atoms with van der Waals surface area (Å²) >= 11 is 0. The lowest BCUT2D eigenvalue weighted by Gasteiger charge is -2.40. The van der Waals surface area contributed by atoms with Crippen molar-refractivity contribution in [3.05, 3.63) is 12.7 Å². The Hall–Kier alpha value is -1.56. The highest BCUT2D eigenvalue weighted by Crippen LogP contribution is 2.21. The molecule has 0 aromatic carbocycles. The van der Waals surface area contributed by atoms with E-state index in [2.05, 4.69) is 6.58 Å². The van der Waals surface area contributed by atoms with Crippen LogP contribution in [0.5, 0.6) is 0 Å². The van der Waals surface area contributed by atoms with Gasteiger partial charge in [0.05, 0.1) is 26.4 Å². The minimum absolute atomic E-state index is 0.111. The van der Waals surface area contributed by atoms with Crippen molar-refractivity contribution in [2.24, 2.45) is 0 Å². The third kappa shape index (κ3) is 4.23. The van der Waals surface area contributed by atoms with E-state index < -0.39 is 23.7 Å². The second-order valence-electron chi connectivity index (χ2n) is 5.64. The molecule has 0 unspecified atom stereocenters. The summed E-state index contributed by atoms with van der Waals surface area (Å²) in [6.45, 7) is 9.46. The van der Waals surface area contributed by atoms with Gasteiger partial charge < -0.3 is 14.2 Å². The topological polar surface area (TPSA) is 65.1 Å². The molecule has 114 valence electrons. The van der Waals surface area contributed by atoms with E-state index in [9.17, 15) is 9.59 Å². The summed E-state index contributed by atoms with van der Waals surface area (Å²) < 4.78 is 15.5. The van der Waals surface area contributed by atoms with Crippen molar-refractivity contribution in [3.63, 3.8) is 0 Å². The van der Waals surface area contributed by atoms with Gasteiger partial charge in [-0.05, 0) is 27.2 Å². The quantitative estimate of drug-likeness (QED) is 0.584. The number of morpholine rings is 1. The summed E-state index contributed by atoms with van der Waals surface area (Å²) in [6, 6.07) is -1.06. The van der Waals surface area contributed by atoms with Crippen molar-refractivity contribution in [2.75, 3.05) is 20.3 Å². The number of hydrogen-bond donors (Lipinski definition) is 0. The zero-order valence-corrected chi connectivity index (χ0v) is 12.5. The monoisotopic (exact) mass is 285 g/mol. The van der Waals surface area contributed by atoms with Crippen LogP contribution < -0.4 is 0 Å².